The number of nitriles is 1. The summed E-state index contributed by atoms with van der Waals surface area (Å²) in [7, 11) is 2.13. The zero-order valence-corrected chi connectivity index (χ0v) is 14.9. The van der Waals surface area contributed by atoms with E-state index in [-0.39, 0.29) is 28.7 Å². The van der Waals surface area contributed by atoms with Crippen LogP contribution in [-0.2, 0) is 0 Å². The molecule has 1 fully saturated rings. The van der Waals surface area contributed by atoms with Crippen LogP contribution in [0.5, 0.6) is 5.88 Å². The topological polar surface area (TPSA) is 108 Å². The molecule has 0 unspecified atom stereocenters. The van der Waals surface area contributed by atoms with Crippen molar-refractivity contribution >= 4 is 11.6 Å². The molecule has 1 aliphatic rings. The first-order valence-corrected chi connectivity index (χ1v) is 8.57. The number of rotatable bonds is 7. The molecule has 0 atom stereocenters. The van der Waals surface area contributed by atoms with E-state index in [1.807, 2.05) is 6.07 Å². The van der Waals surface area contributed by atoms with Gasteiger partial charge in [0.15, 0.2) is 0 Å². The summed E-state index contributed by atoms with van der Waals surface area (Å²) in [5, 5.41) is 12.0. The maximum atomic E-state index is 12.3. The van der Waals surface area contributed by atoms with Crippen LogP contribution in [0.25, 0.3) is 0 Å². The molecule has 2 heterocycles. The second-order valence-corrected chi connectivity index (χ2v) is 6.08. The largest absolute Gasteiger partial charge is 0.477 e. The lowest BCUT2D eigenvalue weighted by Gasteiger charge is -2.32. The van der Waals surface area contributed by atoms with Crippen molar-refractivity contribution in [1.82, 2.24) is 20.1 Å². The Bertz CT molecular complexity index is 635. The summed E-state index contributed by atoms with van der Waals surface area (Å²) in [6, 6.07) is 3.37. The molecule has 0 bridgehead atoms. The molecule has 0 radical (unpaired) electrons. The molecule has 8 nitrogen and oxygen atoms in total. The van der Waals surface area contributed by atoms with Gasteiger partial charge in [0.1, 0.15) is 17.3 Å². The lowest BCUT2D eigenvalue weighted by Crippen LogP contribution is -2.45. The Morgan fingerprint density at radius 2 is 2.16 bits per heavy atom. The molecule has 0 aliphatic carbocycles. The van der Waals surface area contributed by atoms with Crippen LogP contribution in [0.15, 0.2) is 6.07 Å². The standard InChI is InChI=1S/C17H26N6O2/c1-3-25-17-13(12-18)14(19)11-15(21-17)16(24)20-5-4-6-23-9-7-22(2)8-10-23/h11H,3-10H2,1-2H3,(H2,19,21)(H,20,24). The Balaban J connectivity index is 1.85. The number of likely N-dealkylation sites (N-methyl/N-ethyl adjacent to an activating group) is 1. The maximum absolute atomic E-state index is 12.3. The van der Waals surface area contributed by atoms with Gasteiger partial charge >= 0.3 is 0 Å². The monoisotopic (exact) mass is 346 g/mol. The zero-order chi connectivity index (χ0) is 18.2. The van der Waals surface area contributed by atoms with Crippen molar-refractivity contribution < 1.29 is 9.53 Å². The number of hydrogen-bond donors (Lipinski definition) is 2. The number of hydrogen-bond acceptors (Lipinski definition) is 7. The summed E-state index contributed by atoms with van der Waals surface area (Å²) in [6.07, 6.45) is 0.875. The number of nitrogens with two attached hydrogens (primary N) is 1. The highest BCUT2D eigenvalue weighted by molar-refractivity contribution is 5.93. The van der Waals surface area contributed by atoms with Crippen molar-refractivity contribution in [2.45, 2.75) is 13.3 Å². The molecule has 136 valence electrons. The second kappa shape index (κ2) is 9.20. The van der Waals surface area contributed by atoms with Crippen LogP contribution >= 0.6 is 0 Å². The predicted molar refractivity (Wildman–Crippen MR) is 95.4 cm³/mol. The van der Waals surface area contributed by atoms with Gasteiger partial charge in [0.05, 0.1) is 12.3 Å². The Kier molecular flexibility index (Phi) is 6.98. The molecule has 0 spiro atoms. The minimum absolute atomic E-state index is 0.104. The average Bonchev–Trinajstić information content (AvgIpc) is 2.60. The normalized spacial score (nSPS) is 15.6. The fourth-order valence-corrected chi connectivity index (χ4v) is 2.68. The smallest absolute Gasteiger partial charge is 0.270 e. The number of aromatic nitrogens is 1. The van der Waals surface area contributed by atoms with Gasteiger partial charge in [0, 0.05) is 32.7 Å². The second-order valence-electron chi connectivity index (χ2n) is 6.08. The number of anilines is 1. The summed E-state index contributed by atoms with van der Waals surface area (Å²) in [4.78, 5) is 21.1. The van der Waals surface area contributed by atoms with Gasteiger partial charge in [0.2, 0.25) is 5.88 Å². The summed E-state index contributed by atoms with van der Waals surface area (Å²) < 4.78 is 5.31. The van der Waals surface area contributed by atoms with Crippen LogP contribution in [-0.4, -0.2) is 73.6 Å². The maximum Gasteiger partial charge on any atom is 0.270 e. The molecule has 1 aliphatic heterocycles. The minimum Gasteiger partial charge on any atom is -0.477 e. The number of pyridine rings is 1. The van der Waals surface area contributed by atoms with E-state index in [1.54, 1.807) is 6.92 Å². The summed E-state index contributed by atoms with van der Waals surface area (Å²) >= 11 is 0. The van der Waals surface area contributed by atoms with Gasteiger partial charge in [-0.3, -0.25) is 4.79 Å². The molecule has 1 aromatic rings. The van der Waals surface area contributed by atoms with Crippen LogP contribution < -0.4 is 15.8 Å². The lowest BCUT2D eigenvalue weighted by molar-refractivity contribution is 0.0943. The van der Waals surface area contributed by atoms with E-state index in [2.05, 4.69) is 27.1 Å². The molecular weight excluding hydrogens is 320 g/mol. The SMILES string of the molecule is CCOc1nc(C(=O)NCCCN2CCN(C)CC2)cc(N)c1C#N. The Morgan fingerprint density at radius 1 is 1.44 bits per heavy atom. The molecular formula is C17H26N6O2. The highest BCUT2D eigenvalue weighted by atomic mass is 16.5. The molecule has 1 amide bonds. The molecule has 1 aromatic heterocycles. The molecule has 0 aromatic carbocycles. The van der Waals surface area contributed by atoms with Crippen LogP contribution in [0.4, 0.5) is 5.69 Å². The van der Waals surface area contributed by atoms with Crippen molar-refractivity contribution in [3.05, 3.63) is 17.3 Å². The van der Waals surface area contributed by atoms with E-state index in [0.29, 0.717) is 13.2 Å². The predicted octanol–water partition coefficient (Wildman–Crippen LogP) is 0.301. The number of ether oxygens (including phenoxy) is 1. The molecule has 0 saturated carbocycles. The average molecular weight is 346 g/mol. The first kappa shape index (κ1) is 19.0. The van der Waals surface area contributed by atoms with Gasteiger partial charge in [-0.2, -0.15) is 5.26 Å². The van der Waals surface area contributed by atoms with E-state index >= 15 is 0 Å². The number of carbonyl (C=O) groups is 1. The van der Waals surface area contributed by atoms with Gasteiger partial charge in [-0.05, 0) is 33.0 Å². The van der Waals surface area contributed by atoms with Crippen molar-refractivity contribution in [3.63, 3.8) is 0 Å². The first-order valence-electron chi connectivity index (χ1n) is 8.57. The number of nitrogen functional groups attached to an aromatic ring is 1. The van der Waals surface area contributed by atoms with Crippen molar-refractivity contribution in [3.8, 4) is 11.9 Å². The van der Waals surface area contributed by atoms with E-state index in [1.165, 1.54) is 6.07 Å². The highest BCUT2D eigenvalue weighted by Crippen LogP contribution is 2.22. The Labute approximate surface area is 148 Å². The first-order chi connectivity index (χ1) is 12.0. The number of nitrogens with zero attached hydrogens (tertiary/aromatic N) is 4. The van der Waals surface area contributed by atoms with Gasteiger partial charge in [-0.15, -0.1) is 0 Å². The quantitative estimate of drug-likeness (QED) is 0.684. The van der Waals surface area contributed by atoms with Crippen LogP contribution in [0.3, 0.4) is 0 Å². The van der Waals surface area contributed by atoms with E-state index in [0.717, 1.165) is 39.1 Å². The van der Waals surface area contributed by atoms with Crippen LogP contribution in [0.1, 0.15) is 29.4 Å². The van der Waals surface area contributed by atoms with Gasteiger partial charge in [-0.25, -0.2) is 4.98 Å². The van der Waals surface area contributed by atoms with Crippen molar-refractivity contribution in [2.75, 3.05) is 58.7 Å². The number of piperazine rings is 1. The fraction of sp³-hybridized carbons (Fsp3) is 0.588. The summed E-state index contributed by atoms with van der Waals surface area (Å²) in [5.41, 5.74) is 6.36. The summed E-state index contributed by atoms with van der Waals surface area (Å²) in [6.45, 7) is 7.95. The van der Waals surface area contributed by atoms with Crippen LogP contribution in [0.2, 0.25) is 0 Å². The minimum atomic E-state index is -0.310. The number of carbonyl (C=O) groups excluding carboxylic acids is 1. The number of nitrogens with one attached hydrogen (secondary N) is 1. The van der Waals surface area contributed by atoms with Gasteiger partial charge < -0.3 is 25.6 Å². The van der Waals surface area contributed by atoms with Gasteiger partial charge in [0.25, 0.3) is 5.91 Å². The third-order valence-corrected chi connectivity index (χ3v) is 4.17. The third kappa shape index (κ3) is 5.31. The van der Waals surface area contributed by atoms with E-state index in [4.69, 9.17) is 15.7 Å². The molecule has 8 heteroatoms. The molecule has 1 saturated heterocycles. The molecule has 3 N–H and O–H groups in total. The Morgan fingerprint density at radius 3 is 2.80 bits per heavy atom. The molecule has 25 heavy (non-hydrogen) atoms. The Hall–Kier alpha value is -2.37. The van der Waals surface area contributed by atoms with Gasteiger partial charge in [-0.1, -0.05) is 0 Å². The lowest BCUT2D eigenvalue weighted by atomic mass is 10.2. The molecule has 2 rings (SSSR count). The van der Waals surface area contributed by atoms with Crippen molar-refractivity contribution in [2.24, 2.45) is 0 Å². The fourth-order valence-electron chi connectivity index (χ4n) is 2.68. The zero-order valence-electron chi connectivity index (χ0n) is 14.9. The van der Waals surface area contributed by atoms with Crippen LogP contribution in [0, 0.1) is 11.3 Å². The van der Waals surface area contributed by atoms with E-state index < -0.39 is 0 Å². The summed E-state index contributed by atoms with van der Waals surface area (Å²) in [5.74, 6) is -0.205. The van der Waals surface area contributed by atoms with E-state index in [9.17, 15) is 4.79 Å². The highest BCUT2D eigenvalue weighted by Gasteiger charge is 2.16. The number of amides is 1. The third-order valence-electron chi connectivity index (χ3n) is 4.17. The van der Waals surface area contributed by atoms with Crippen molar-refractivity contribution in [1.29, 1.82) is 5.26 Å².